The number of benzene rings is 2. The minimum atomic E-state index is -0.384. The summed E-state index contributed by atoms with van der Waals surface area (Å²) in [7, 11) is 0. The average Bonchev–Trinajstić information content (AvgIpc) is 2.40. The van der Waals surface area contributed by atoms with Crippen LogP contribution in [0, 0.1) is 5.82 Å². The van der Waals surface area contributed by atoms with Crippen LogP contribution in [0.25, 0.3) is 0 Å². The van der Waals surface area contributed by atoms with Gasteiger partial charge >= 0.3 is 0 Å². The Morgan fingerprint density at radius 3 is 2.58 bits per heavy atom. The summed E-state index contributed by atoms with van der Waals surface area (Å²) in [6, 6.07) is 8.71. The Balaban J connectivity index is 2.14. The standard InChI is InChI=1S/C14H9Cl2FO2/c15-12-3-2-11(17)6-10(12)8-19-14-4-1-9(7-18)5-13(14)16/h1-7H,8H2. The Morgan fingerprint density at radius 2 is 1.89 bits per heavy atom. The molecule has 0 fully saturated rings. The SMILES string of the molecule is O=Cc1ccc(OCc2cc(F)ccc2Cl)c(Cl)c1. The molecule has 98 valence electrons. The van der Waals surface area contributed by atoms with Crippen molar-refractivity contribution in [1.82, 2.24) is 0 Å². The Hall–Kier alpha value is -1.58. The van der Waals surface area contributed by atoms with Crippen LogP contribution in [0.5, 0.6) is 5.75 Å². The molecule has 0 saturated carbocycles. The first-order valence-corrected chi connectivity index (χ1v) is 6.17. The van der Waals surface area contributed by atoms with Crippen molar-refractivity contribution in [3.8, 4) is 5.75 Å². The number of ether oxygens (including phenoxy) is 1. The summed E-state index contributed by atoms with van der Waals surface area (Å²) in [4.78, 5) is 10.6. The normalized spacial score (nSPS) is 10.3. The van der Waals surface area contributed by atoms with E-state index in [9.17, 15) is 9.18 Å². The molecule has 0 aromatic heterocycles. The van der Waals surface area contributed by atoms with Crippen molar-refractivity contribution in [2.24, 2.45) is 0 Å². The Kier molecular flexibility index (Phi) is 4.40. The molecule has 0 radical (unpaired) electrons. The molecule has 0 atom stereocenters. The summed E-state index contributed by atoms with van der Waals surface area (Å²) in [6.45, 7) is 0.0940. The highest BCUT2D eigenvalue weighted by atomic mass is 35.5. The minimum absolute atomic E-state index is 0.0940. The first kappa shape index (κ1) is 13.8. The van der Waals surface area contributed by atoms with Crippen LogP contribution in [0.2, 0.25) is 10.0 Å². The highest BCUT2D eigenvalue weighted by Crippen LogP contribution is 2.27. The number of carbonyl (C=O) groups is 1. The quantitative estimate of drug-likeness (QED) is 0.776. The molecule has 0 saturated heterocycles. The van der Waals surface area contributed by atoms with E-state index in [0.29, 0.717) is 33.2 Å². The van der Waals surface area contributed by atoms with Gasteiger partial charge in [0, 0.05) is 16.1 Å². The van der Waals surface area contributed by atoms with E-state index >= 15 is 0 Å². The Morgan fingerprint density at radius 1 is 1.11 bits per heavy atom. The molecule has 19 heavy (non-hydrogen) atoms. The van der Waals surface area contributed by atoms with Gasteiger partial charge in [0.1, 0.15) is 24.5 Å². The third-order valence-electron chi connectivity index (χ3n) is 2.48. The molecule has 0 bridgehead atoms. The third-order valence-corrected chi connectivity index (χ3v) is 3.15. The molecule has 0 aliphatic rings. The predicted octanol–water partition coefficient (Wildman–Crippen LogP) is 4.52. The van der Waals surface area contributed by atoms with E-state index < -0.39 is 0 Å². The van der Waals surface area contributed by atoms with Crippen LogP contribution in [0.1, 0.15) is 15.9 Å². The van der Waals surface area contributed by atoms with Gasteiger partial charge in [0.2, 0.25) is 0 Å². The number of rotatable bonds is 4. The second-order valence-electron chi connectivity index (χ2n) is 3.83. The molecule has 0 spiro atoms. The second kappa shape index (κ2) is 6.04. The summed E-state index contributed by atoms with van der Waals surface area (Å²) in [5.41, 5.74) is 0.985. The van der Waals surface area contributed by atoms with Crippen molar-refractivity contribution in [3.05, 3.63) is 63.4 Å². The lowest BCUT2D eigenvalue weighted by atomic mass is 10.2. The van der Waals surface area contributed by atoms with Gasteiger partial charge in [-0.15, -0.1) is 0 Å². The molecule has 2 aromatic carbocycles. The van der Waals surface area contributed by atoms with Crippen molar-refractivity contribution in [1.29, 1.82) is 0 Å². The van der Waals surface area contributed by atoms with Gasteiger partial charge in [-0.25, -0.2) is 4.39 Å². The number of hydrogen-bond donors (Lipinski definition) is 0. The Bertz CT molecular complexity index is 614. The lowest BCUT2D eigenvalue weighted by Gasteiger charge is -2.09. The fourth-order valence-corrected chi connectivity index (χ4v) is 1.93. The van der Waals surface area contributed by atoms with Crippen molar-refractivity contribution in [2.75, 3.05) is 0 Å². The van der Waals surface area contributed by atoms with E-state index in [-0.39, 0.29) is 12.4 Å². The molecule has 2 nitrogen and oxygen atoms in total. The van der Waals surface area contributed by atoms with Crippen LogP contribution < -0.4 is 4.74 Å². The first-order chi connectivity index (χ1) is 9.10. The monoisotopic (exact) mass is 298 g/mol. The molecule has 0 amide bonds. The fourth-order valence-electron chi connectivity index (χ4n) is 1.52. The summed E-state index contributed by atoms with van der Waals surface area (Å²) in [5, 5.41) is 0.735. The topological polar surface area (TPSA) is 26.3 Å². The maximum atomic E-state index is 13.1. The molecule has 2 rings (SSSR count). The van der Waals surface area contributed by atoms with E-state index in [0.717, 1.165) is 0 Å². The van der Waals surface area contributed by atoms with E-state index in [1.54, 1.807) is 12.1 Å². The maximum Gasteiger partial charge on any atom is 0.150 e. The summed E-state index contributed by atoms with van der Waals surface area (Å²) in [6.07, 6.45) is 0.694. The van der Waals surface area contributed by atoms with Crippen molar-refractivity contribution in [2.45, 2.75) is 6.61 Å². The molecule has 0 heterocycles. The molecule has 0 aliphatic carbocycles. The zero-order valence-electron chi connectivity index (χ0n) is 9.70. The second-order valence-corrected chi connectivity index (χ2v) is 4.65. The molecule has 5 heteroatoms. The molecule has 0 N–H and O–H groups in total. The highest BCUT2D eigenvalue weighted by Gasteiger charge is 2.06. The minimum Gasteiger partial charge on any atom is -0.487 e. The molecule has 0 unspecified atom stereocenters. The molecule has 2 aromatic rings. The molecular weight excluding hydrogens is 290 g/mol. The van der Waals surface area contributed by atoms with Crippen LogP contribution in [0.4, 0.5) is 4.39 Å². The number of aldehydes is 1. The van der Waals surface area contributed by atoms with Gasteiger partial charge in [-0.3, -0.25) is 4.79 Å². The van der Waals surface area contributed by atoms with Crippen LogP contribution in [-0.2, 0) is 6.61 Å². The van der Waals surface area contributed by atoms with E-state index in [4.69, 9.17) is 27.9 Å². The first-order valence-electron chi connectivity index (χ1n) is 5.41. The maximum absolute atomic E-state index is 13.1. The molecule has 0 aliphatic heterocycles. The van der Waals surface area contributed by atoms with Crippen LogP contribution >= 0.6 is 23.2 Å². The van der Waals surface area contributed by atoms with Crippen molar-refractivity contribution in [3.63, 3.8) is 0 Å². The fraction of sp³-hybridized carbons (Fsp3) is 0.0714. The van der Waals surface area contributed by atoms with E-state index in [1.807, 2.05) is 0 Å². The average molecular weight is 299 g/mol. The number of carbonyl (C=O) groups excluding carboxylic acids is 1. The van der Waals surface area contributed by atoms with Gasteiger partial charge in [0.25, 0.3) is 0 Å². The summed E-state index contributed by atoms with van der Waals surface area (Å²) >= 11 is 11.9. The van der Waals surface area contributed by atoms with Crippen LogP contribution in [-0.4, -0.2) is 6.29 Å². The predicted molar refractivity (Wildman–Crippen MR) is 72.6 cm³/mol. The largest absolute Gasteiger partial charge is 0.487 e. The van der Waals surface area contributed by atoms with Crippen molar-refractivity contribution < 1.29 is 13.9 Å². The van der Waals surface area contributed by atoms with Gasteiger partial charge in [-0.2, -0.15) is 0 Å². The Labute approximate surface area is 119 Å². The van der Waals surface area contributed by atoms with Gasteiger partial charge < -0.3 is 4.74 Å². The summed E-state index contributed by atoms with van der Waals surface area (Å²) in [5.74, 6) is 0.0259. The van der Waals surface area contributed by atoms with E-state index in [1.165, 1.54) is 24.3 Å². The molecular formula is C14H9Cl2FO2. The van der Waals surface area contributed by atoms with Crippen LogP contribution in [0.15, 0.2) is 36.4 Å². The van der Waals surface area contributed by atoms with Crippen LogP contribution in [0.3, 0.4) is 0 Å². The summed E-state index contributed by atoms with van der Waals surface area (Å²) < 4.78 is 18.5. The van der Waals surface area contributed by atoms with Gasteiger partial charge in [-0.05, 0) is 36.4 Å². The number of halogens is 3. The van der Waals surface area contributed by atoms with Gasteiger partial charge in [0.05, 0.1) is 5.02 Å². The zero-order chi connectivity index (χ0) is 13.8. The van der Waals surface area contributed by atoms with Gasteiger partial charge in [-0.1, -0.05) is 23.2 Å². The number of hydrogen-bond acceptors (Lipinski definition) is 2. The zero-order valence-corrected chi connectivity index (χ0v) is 11.2. The smallest absolute Gasteiger partial charge is 0.150 e. The lowest BCUT2D eigenvalue weighted by Crippen LogP contribution is -1.98. The lowest BCUT2D eigenvalue weighted by molar-refractivity contribution is 0.112. The van der Waals surface area contributed by atoms with E-state index in [2.05, 4.69) is 0 Å². The third kappa shape index (κ3) is 3.46. The van der Waals surface area contributed by atoms with Crippen molar-refractivity contribution >= 4 is 29.5 Å². The highest BCUT2D eigenvalue weighted by molar-refractivity contribution is 6.32. The van der Waals surface area contributed by atoms with Gasteiger partial charge in [0.15, 0.2) is 0 Å².